The molecule has 1 aliphatic carbocycles. The van der Waals surface area contributed by atoms with E-state index >= 15 is 0 Å². The average Bonchev–Trinajstić information content (AvgIpc) is 3.28. The number of hydrogen-bond acceptors (Lipinski definition) is 5. The van der Waals surface area contributed by atoms with Gasteiger partial charge in [-0.15, -0.1) is 11.3 Å². The van der Waals surface area contributed by atoms with E-state index in [0.29, 0.717) is 12.1 Å². The van der Waals surface area contributed by atoms with Crippen molar-refractivity contribution in [1.29, 1.82) is 0 Å². The van der Waals surface area contributed by atoms with Crippen molar-refractivity contribution >= 4 is 34.2 Å². The second-order valence-corrected chi connectivity index (χ2v) is 8.35. The van der Waals surface area contributed by atoms with Gasteiger partial charge in [0.25, 0.3) is 0 Å². The Hall–Kier alpha value is -2.70. The van der Waals surface area contributed by atoms with Gasteiger partial charge in [-0.2, -0.15) is 5.10 Å². The van der Waals surface area contributed by atoms with Gasteiger partial charge in [0.1, 0.15) is 5.01 Å². The van der Waals surface area contributed by atoms with Gasteiger partial charge in [0.15, 0.2) is 0 Å². The van der Waals surface area contributed by atoms with E-state index in [1.807, 2.05) is 48.0 Å². The normalized spacial score (nSPS) is 17.9. The van der Waals surface area contributed by atoms with Gasteiger partial charge in [0.2, 0.25) is 0 Å². The molecule has 1 N–H and O–H groups in total. The van der Waals surface area contributed by atoms with Crippen LogP contribution in [0.15, 0.2) is 53.8 Å². The lowest BCUT2D eigenvalue weighted by Gasteiger charge is -2.22. The number of hydrogen-bond donors (Lipinski definition) is 1. The maximum absolute atomic E-state index is 9.53. The van der Waals surface area contributed by atoms with Gasteiger partial charge in [-0.1, -0.05) is 35.0 Å². The lowest BCUT2D eigenvalue weighted by molar-refractivity contribution is 0.317. The third kappa shape index (κ3) is 2.72. The number of aryl methyl sites for hydroxylation is 1. The Bertz CT molecular complexity index is 1210. The van der Waals surface area contributed by atoms with Crippen molar-refractivity contribution in [3.05, 3.63) is 75.5 Å². The fraction of sp³-hybridized carbons (Fsp3) is 0.190. The molecule has 3 heterocycles. The number of aromatic nitrogens is 3. The van der Waals surface area contributed by atoms with Crippen LogP contribution in [0.3, 0.4) is 0 Å². The monoisotopic (exact) mass is 408 g/mol. The molecular formula is C21H17ClN4OS. The summed E-state index contributed by atoms with van der Waals surface area (Å²) < 4.78 is 1.88. The Kier molecular flexibility index (Phi) is 4.18. The molecule has 0 fully saturated rings. The highest BCUT2D eigenvalue weighted by atomic mass is 35.5. The predicted octanol–water partition coefficient (Wildman–Crippen LogP) is 5.52. The minimum absolute atomic E-state index is 0.157. The molecule has 7 heteroatoms. The van der Waals surface area contributed by atoms with Crippen molar-refractivity contribution in [3.63, 3.8) is 0 Å². The minimum atomic E-state index is 0.157. The SMILES string of the molecule is Cc1nn2ccccc2c1-c1nc2c(s1)C(=NO)CCC2c1ccc(Cl)cc1. The summed E-state index contributed by atoms with van der Waals surface area (Å²) in [5, 5.41) is 19.3. The van der Waals surface area contributed by atoms with Crippen molar-refractivity contribution in [2.45, 2.75) is 25.7 Å². The van der Waals surface area contributed by atoms with Crippen molar-refractivity contribution < 1.29 is 5.21 Å². The quantitative estimate of drug-likeness (QED) is 0.350. The molecule has 0 spiro atoms. The van der Waals surface area contributed by atoms with Crippen LogP contribution in [0.5, 0.6) is 0 Å². The summed E-state index contributed by atoms with van der Waals surface area (Å²) in [7, 11) is 0. The van der Waals surface area contributed by atoms with Crippen LogP contribution in [0.4, 0.5) is 0 Å². The van der Waals surface area contributed by atoms with Crippen LogP contribution in [0.2, 0.25) is 5.02 Å². The Balaban J connectivity index is 1.69. The summed E-state index contributed by atoms with van der Waals surface area (Å²) in [4.78, 5) is 5.98. The van der Waals surface area contributed by atoms with Crippen LogP contribution in [0, 0.1) is 6.92 Å². The zero-order valence-corrected chi connectivity index (χ0v) is 16.7. The highest BCUT2D eigenvalue weighted by Gasteiger charge is 2.31. The Morgan fingerprint density at radius 2 is 2.04 bits per heavy atom. The fourth-order valence-electron chi connectivity index (χ4n) is 3.91. The van der Waals surface area contributed by atoms with Gasteiger partial charge < -0.3 is 5.21 Å². The Morgan fingerprint density at radius 1 is 1.21 bits per heavy atom. The molecule has 3 aromatic heterocycles. The third-order valence-electron chi connectivity index (χ3n) is 5.24. The molecule has 5 nitrogen and oxygen atoms in total. The van der Waals surface area contributed by atoms with E-state index < -0.39 is 0 Å². The number of halogens is 1. The summed E-state index contributed by atoms with van der Waals surface area (Å²) in [6.45, 7) is 2.00. The molecule has 1 unspecified atom stereocenters. The minimum Gasteiger partial charge on any atom is -0.411 e. The number of pyridine rings is 1. The van der Waals surface area contributed by atoms with Crippen molar-refractivity contribution in [2.24, 2.45) is 5.16 Å². The predicted molar refractivity (Wildman–Crippen MR) is 112 cm³/mol. The van der Waals surface area contributed by atoms with Crippen LogP contribution in [0.25, 0.3) is 16.1 Å². The van der Waals surface area contributed by atoms with E-state index in [1.54, 1.807) is 11.3 Å². The van der Waals surface area contributed by atoms with E-state index in [1.165, 1.54) is 5.56 Å². The van der Waals surface area contributed by atoms with Gasteiger partial charge in [0.05, 0.1) is 33.1 Å². The zero-order chi connectivity index (χ0) is 19.3. The molecule has 1 aromatic carbocycles. The average molecular weight is 409 g/mol. The van der Waals surface area contributed by atoms with Crippen LogP contribution in [-0.4, -0.2) is 25.5 Å². The van der Waals surface area contributed by atoms with Gasteiger partial charge in [0, 0.05) is 17.1 Å². The lowest BCUT2D eigenvalue weighted by atomic mass is 9.84. The van der Waals surface area contributed by atoms with Crippen molar-refractivity contribution in [2.75, 3.05) is 0 Å². The third-order valence-corrected chi connectivity index (χ3v) is 6.63. The summed E-state index contributed by atoms with van der Waals surface area (Å²) >= 11 is 7.64. The van der Waals surface area contributed by atoms with E-state index in [-0.39, 0.29) is 5.92 Å². The first-order valence-electron chi connectivity index (χ1n) is 9.07. The van der Waals surface area contributed by atoms with Gasteiger partial charge in [-0.25, -0.2) is 9.50 Å². The molecule has 5 rings (SSSR count). The summed E-state index contributed by atoms with van der Waals surface area (Å²) in [5.41, 5.74) is 5.84. The molecule has 1 aliphatic rings. The number of oxime groups is 1. The molecule has 4 aromatic rings. The summed E-state index contributed by atoms with van der Waals surface area (Å²) in [6, 6.07) is 13.9. The van der Waals surface area contributed by atoms with Crippen LogP contribution in [0.1, 0.15) is 40.6 Å². The van der Waals surface area contributed by atoms with Gasteiger partial charge in [-0.3, -0.25) is 0 Å². The van der Waals surface area contributed by atoms with Gasteiger partial charge in [-0.05, 0) is 49.6 Å². The summed E-state index contributed by atoms with van der Waals surface area (Å²) in [5.74, 6) is 0.157. The standard InChI is InChI=1S/C21H17ClN4OS/c1-12-18(17-4-2-3-11-26(17)24-12)21-23-19-15(13-5-7-14(22)8-6-13)9-10-16(25-27)20(19)28-21/h2-8,11,15,27H,9-10H2,1H3. The molecule has 1 atom stereocenters. The smallest absolute Gasteiger partial charge is 0.128 e. The molecule has 0 saturated heterocycles. The maximum Gasteiger partial charge on any atom is 0.128 e. The maximum atomic E-state index is 9.53. The highest BCUT2D eigenvalue weighted by Crippen LogP contribution is 2.43. The van der Waals surface area contributed by atoms with Crippen molar-refractivity contribution in [1.82, 2.24) is 14.6 Å². The van der Waals surface area contributed by atoms with Crippen molar-refractivity contribution in [3.8, 4) is 10.6 Å². The molecule has 0 amide bonds. The first kappa shape index (κ1) is 17.4. The number of nitrogens with zero attached hydrogens (tertiary/aromatic N) is 4. The van der Waals surface area contributed by atoms with E-state index in [4.69, 9.17) is 16.6 Å². The number of fused-ring (bicyclic) bond motifs is 2. The molecule has 0 saturated carbocycles. The second kappa shape index (κ2) is 6.72. The van der Waals surface area contributed by atoms with Crippen LogP contribution < -0.4 is 0 Å². The van der Waals surface area contributed by atoms with Crippen LogP contribution >= 0.6 is 22.9 Å². The lowest BCUT2D eigenvalue weighted by Crippen LogP contribution is -2.16. The van der Waals surface area contributed by atoms with Gasteiger partial charge >= 0.3 is 0 Å². The zero-order valence-electron chi connectivity index (χ0n) is 15.1. The molecule has 0 radical (unpaired) electrons. The molecule has 28 heavy (non-hydrogen) atoms. The fourth-order valence-corrected chi connectivity index (χ4v) is 5.28. The van der Waals surface area contributed by atoms with E-state index in [2.05, 4.69) is 22.4 Å². The number of benzene rings is 1. The largest absolute Gasteiger partial charge is 0.411 e. The molecule has 0 bridgehead atoms. The first-order valence-corrected chi connectivity index (χ1v) is 10.3. The number of rotatable bonds is 2. The Morgan fingerprint density at radius 3 is 2.82 bits per heavy atom. The second-order valence-electron chi connectivity index (χ2n) is 6.91. The Labute approximate surface area is 170 Å². The van der Waals surface area contributed by atoms with E-state index in [0.717, 1.165) is 43.8 Å². The van der Waals surface area contributed by atoms with E-state index in [9.17, 15) is 5.21 Å². The molecule has 140 valence electrons. The molecular weight excluding hydrogens is 392 g/mol. The topological polar surface area (TPSA) is 62.8 Å². The highest BCUT2D eigenvalue weighted by molar-refractivity contribution is 7.17. The molecule has 0 aliphatic heterocycles. The summed E-state index contributed by atoms with van der Waals surface area (Å²) in [6.07, 6.45) is 3.51. The first-order chi connectivity index (χ1) is 13.7. The van der Waals surface area contributed by atoms with Crippen LogP contribution in [-0.2, 0) is 0 Å². The number of thiazole rings is 1.